The Morgan fingerprint density at radius 1 is 1.50 bits per heavy atom. The third kappa shape index (κ3) is 1.76. The van der Waals surface area contributed by atoms with Crippen LogP contribution in [0.4, 0.5) is 4.39 Å². The molecule has 4 nitrogen and oxygen atoms in total. The molecule has 0 bridgehead atoms. The van der Waals surface area contributed by atoms with Crippen LogP contribution in [0.15, 0.2) is 18.2 Å². The molecule has 0 saturated carbocycles. The number of carbonyl (C=O) groups excluding carboxylic acids is 1. The summed E-state index contributed by atoms with van der Waals surface area (Å²) < 4.78 is 17.8. The van der Waals surface area contributed by atoms with Gasteiger partial charge in [-0.2, -0.15) is 0 Å². The van der Waals surface area contributed by atoms with E-state index in [4.69, 9.17) is 10.1 Å². The SMILES string of the molecule is Cl.N=C1NC(=O)C2(CCOc3ccc(F)cc32)S1. The maximum Gasteiger partial charge on any atom is 0.247 e. The molecule has 1 spiro atoms. The van der Waals surface area contributed by atoms with E-state index < -0.39 is 10.6 Å². The number of amides is 1. The normalized spacial score (nSPS) is 25.2. The molecule has 1 unspecified atom stereocenters. The van der Waals surface area contributed by atoms with Gasteiger partial charge in [0.15, 0.2) is 5.17 Å². The predicted octanol–water partition coefficient (Wildman–Crippen LogP) is 2.02. The van der Waals surface area contributed by atoms with Crippen molar-refractivity contribution in [2.45, 2.75) is 11.2 Å². The maximum absolute atomic E-state index is 13.3. The number of hydrogen-bond acceptors (Lipinski definition) is 4. The van der Waals surface area contributed by atoms with Crippen LogP contribution in [0.25, 0.3) is 0 Å². The number of nitrogens with one attached hydrogen (secondary N) is 2. The standard InChI is InChI=1S/C11H9FN2O2S.ClH/c12-6-1-2-8-7(5-6)11(3-4-16-8)9(15)14-10(13)17-11;/h1-2,5H,3-4H2,(H2,13,14,15);1H. The van der Waals surface area contributed by atoms with E-state index in [0.717, 1.165) is 11.8 Å². The van der Waals surface area contributed by atoms with Crippen molar-refractivity contribution >= 4 is 35.2 Å². The van der Waals surface area contributed by atoms with E-state index in [1.54, 1.807) is 0 Å². The predicted molar refractivity (Wildman–Crippen MR) is 68.9 cm³/mol. The zero-order valence-electron chi connectivity index (χ0n) is 9.16. The Kier molecular flexibility index (Phi) is 3.25. The van der Waals surface area contributed by atoms with E-state index >= 15 is 0 Å². The Bertz CT molecular complexity index is 540. The van der Waals surface area contributed by atoms with Gasteiger partial charge in [-0.25, -0.2) is 4.39 Å². The number of hydrogen-bond donors (Lipinski definition) is 2. The lowest BCUT2D eigenvalue weighted by molar-refractivity contribution is -0.122. The van der Waals surface area contributed by atoms with E-state index in [-0.39, 0.29) is 23.5 Å². The average molecular weight is 289 g/mol. The molecular weight excluding hydrogens is 279 g/mol. The molecule has 0 aromatic heterocycles. The van der Waals surface area contributed by atoms with Crippen molar-refractivity contribution in [3.05, 3.63) is 29.6 Å². The second-order valence-corrected chi connectivity index (χ2v) is 5.26. The minimum atomic E-state index is -0.896. The van der Waals surface area contributed by atoms with Crippen molar-refractivity contribution in [2.75, 3.05) is 6.61 Å². The molecule has 18 heavy (non-hydrogen) atoms. The molecule has 0 aliphatic carbocycles. The number of benzene rings is 1. The van der Waals surface area contributed by atoms with Crippen LogP contribution in [0.1, 0.15) is 12.0 Å². The van der Waals surface area contributed by atoms with Crippen molar-refractivity contribution in [2.24, 2.45) is 0 Å². The fourth-order valence-electron chi connectivity index (χ4n) is 2.18. The number of fused-ring (bicyclic) bond motifs is 2. The molecule has 2 N–H and O–H groups in total. The van der Waals surface area contributed by atoms with Crippen LogP contribution in [0.2, 0.25) is 0 Å². The van der Waals surface area contributed by atoms with E-state index in [9.17, 15) is 9.18 Å². The lowest BCUT2D eigenvalue weighted by Gasteiger charge is -2.31. The Balaban J connectivity index is 0.00000120. The van der Waals surface area contributed by atoms with Gasteiger partial charge in [0, 0.05) is 12.0 Å². The summed E-state index contributed by atoms with van der Waals surface area (Å²) in [6.45, 7) is 0.395. The van der Waals surface area contributed by atoms with E-state index in [0.29, 0.717) is 24.3 Å². The Labute approximate surface area is 113 Å². The van der Waals surface area contributed by atoms with Gasteiger partial charge in [0.1, 0.15) is 16.3 Å². The Hall–Kier alpha value is -1.27. The summed E-state index contributed by atoms with van der Waals surface area (Å²) in [5, 5.41) is 10.1. The molecule has 3 rings (SSSR count). The van der Waals surface area contributed by atoms with E-state index in [1.807, 2.05) is 0 Å². The van der Waals surface area contributed by atoms with Crippen LogP contribution in [-0.2, 0) is 9.54 Å². The zero-order chi connectivity index (χ0) is 12.0. The molecule has 1 fully saturated rings. The Morgan fingerprint density at radius 3 is 2.94 bits per heavy atom. The van der Waals surface area contributed by atoms with Gasteiger partial charge < -0.3 is 10.1 Å². The molecule has 96 valence electrons. The second kappa shape index (κ2) is 4.44. The number of amidine groups is 1. The van der Waals surface area contributed by atoms with Crippen molar-refractivity contribution in [3.8, 4) is 5.75 Å². The van der Waals surface area contributed by atoms with Gasteiger partial charge in [0.2, 0.25) is 5.91 Å². The number of thioether (sulfide) groups is 1. The summed E-state index contributed by atoms with van der Waals surface area (Å²) in [5.41, 5.74) is 0.522. The van der Waals surface area contributed by atoms with Crippen LogP contribution in [0.5, 0.6) is 5.75 Å². The van der Waals surface area contributed by atoms with Crippen LogP contribution >= 0.6 is 24.2 Å². The van der Waals surface area contributed by atoms with E-state index in [1.165, 1.54) is 18.2 Å². The van der Waals surface area contributed by atoms with Crippen molar-refractivity contribution in [3.63, 3.8) is 0 Å². The number of rotatable bonds is 0. The van der Waals surface area contributed by atoms with Gasteiger partial charge in [-0.15, -0.1) is 12.4 Å². The highest BCUT2D eigenvalue weighted by atomic mass is 35.5. The first-order chi connectivity index (χ1) is 8.12. The van der Waals surface area contributed by atoms with Gasteiger partial charge in [-0.05, 0) is 18.2 Å². The Morgan fingerprint density at radius 2 is 2.28 bits per heavy atom. The summed E-state index contributed by atoms with van der Waals surface area (Å²) in [4.78, 5) is 12.0. The molecule has 1 atom stereocenters. The summed E-state index contributed by atoms with van der Waals surface area (Å²) >= 11 is 1.12. The smallest absolute Gasteiger partial charge is 0.247 e. The van der Waals surface area contributed by atoms with Gasteiger partial charge in [-0.3, -0.25) is 10.2 Å². The minimum Gasteiger partial charge on any atom is -0.493 e. The third-order valence-electron chi connectivity index (χ3n) is 2.96. The summed E-state index contributed by atoms with van der Waals surface area (Å²) in [7, 11) is 0. The molecule has 7 heteroatoms. The summed E-state index contributed by atoms with van der Waals surface area (Å²) in [6, 6.07) is 4.15. The number of carbonyl (C=O) groups is 1. The van der Waals surface area contributed by atoms with Crippen LogP contribution in [-0.4, -0.2) is 17.7 Å². The molecule has 1 saturated heterocycles. The third-order valence-corrected chi connectivity index (χ3v) is 4.22. The molecule has 0 radical (unpaired) electrons. The lowest BCUT2D eigenvalue weighted by Crippen LogP contribution is -2.38. The van der Waals surface area contributed by atoms with Gasteiger partial charge in [0.05, 0.1) is 6.61 Å². The molecule has 1 aromatic carbocycles. The molecule has 2 heterocycles. The molecule has 2 aliphatic rings. The summed E-state index contributed by atoms with van der Waals surface area (Å²) in [6.07, 6.45) is 0.447. The summed E-state index contributed by atoms with van der Waals surface area (Å²) in [5.74, 6) is -0.141. The monoisotopic (exact) mass is 288 g/mol. The highest BCUT2D eigenvalue weighted by Crippen LogP contribution is 2.49. The largest absolute Gasteiger partial charge is 0.493 e. The molecule has 1 amide bonds. The first-order valence-electron chi connectivity index (χ1n) is 5.14. The minimum absolute atomic E-state index is 0. The second-order valence-electron chi connectivity index (χ2n) is 3.95. The molecular formula is C11H10ClFN2O2S. The lowest BCUT2D eigenvalue weighted by atomic mass is 9.91. The van der Waals surface area contributed by atoms with Crippen molar-refractivity contribution in [1.82, 2.24) is 5.32 Å². The first-order valence-corrected chi connectivity index (χ1v) is 5.95. The zero-order valence-corrected chi connectivity index (χ0v) is 10.8. The fraction of sp³-hybridized carbons (Fsp3) is 0.273. The van der Waals surface area contributed by atoms with Gasteiger partial charge in [0.25, 0.3) is 0 Å². The van der Waals surface area contributed by atoms with Crippen LogP contribution in [0, 0.1) is 11.2 Å². The fourth-order valence-corrected chi connectivity index (χ4v) is 3.27. The van der Waals surface area contributed by atoms with Crippen LogP contribution in [0.3, 0.4) is 0 Å². The average Bonchev–Trinajstić information content (AvgIpc) is 2.56. The first kappa shape index (κ1) is 13.2. The van der Waals surface area contributed by atoms with E-state index in [2.05, 4.69) is 5.32 Å². The molecule has 1 aromatic rings. The maximum atomic E-state index is 13.3. The van der Waals surface area contributed by atoms with Crippen molar-refractivity contribution < 1.29 is 13.9 Å². The molecule has 2 aliphatic heterocycles. The quantitative estimate of drug-likeness (QED) is 0.768. The van der Waals surface area contributed by atoms with Gasteiger partial charge in [-0.1, -0.05) is 11.8 Å². The van der Waals surface area contributed by atoms with Crippen LogP contribution < -0.4 is 10.1 Å². The van der Waals surface area contributed by atoms with Crippen molar-refractivity contribution in [1.29, 1.82) is 5.41 Å². The number of ether oxygens (including phenoxy) is 1. The number of halogens is 2. The van der Waals surface area contributed by atoms with Gasteiger partial charge >= 0.3 is 0 Å². The highest BCUT2D eigenvalue weighted by molar-refractivity contribution is 8.15. The topological polar surface area (TPSA) is 62.2 Å². The highest BCUT2D eigenvalue weighted by Gasteiger charge is 2.51.